The maximum absolute atomic E-state index is 12.3. The number of benzene rings is 2. The molecule has 7 heteroatoms. The van der Waals surface area contributed by atoms with E-state index in [0.29, 0.717) is 33.8 Å². The van der Waals surface area contributed by atoms with Gasteiger partial charge < -0.3 is 19.0 Å². The molecule has 0 atom stereocenters. The number of nitrogens with one attached hydrogen (secondary N) is 1. The maximum Gasteiger partial charge on any atom is 0.251 e. The lowest BCUT2D eigenvalue weighted by Gasteiger charge is -2.07. The lowest BCUT2D eigenvalue weighted by molar-refractivity contribution is 0.0943. The Morgan fingerprint density at radius 1 is 1.14 bits per heavy atom. The van der Waals surface area contributed by atoms with E-state index in [2.05, 4.69) is 15.5 Å². The average molecular weight is 377 g/mol. The first-order valence-electron chi connectivity index (χ1n) is 8.86. The quantitative estimate of drug-likeness (QED) is 0.558. The summed E-state index contributed by atoms with van der Waals surface area (Å²) >= 11 is 0. The number of rotatable bonds is 5. The molecule has 0 aliphatic rings. The van der Waals surface area contributed by atoms with Crippen molar-refractivity contribution in [1.29, 1.82) is 0 Å². The molecule has 2 aromatic carbocycles. The van der Waals surface area contributed by atoms with E-state index >= 15 is 0 Å². The van der Waals surface area contributed by atoms with E-state index in [1.54, 1.807) is 25.3 Å². The third-order valence-corrected chi connectivity index (χ3v) is 4.24. The van der Waals surface area contributed by atoms with Crippen LogP contribution in [0, 0.1) is 0 Å². The molecule has 0 bridgehead atoms. The largest absolute Gasteiger partial charge is 0.497 e. The number of hydrogen-bond acceptors (Lipinski definition) is 6. The normalized spacial score (nSPS) is 11.1. The number of methoxy groups -OCH3 is 1. The van der Waals surface area contributed by atoms with Crippen molar-refractivity contribution >= 4 is 16.9 Å². The molecule has 4 aromatic rings. The number of amides is 1. The summed E-state index contributed by atoms with van der Waals surface area (Å²) in [6.07, 6.45) is 1.53. The van der Waals surface area contributed by atoms with E-state index in [9.17, 15) is 4.79 Å². The molecular formula is C21H19N3O4. The van der Waals surface area contributed by atoms with Crippen LogP contribution in [-0.2, 0) is 0 Å². The maximum atomic E-state index is 12.3. The minimum atomic E-state index is -0.150. The molecule has 0 aliphatic heterocycles. The van der Waals surface area contributed by atoms with Gasteiger partial charge in [0.25, 0.3) is 5.91 Å². The fraction of sp³-hybridized carbons (Fsp3) is 0.190. The van der Waals surface area contributed by atoms with Crippen LogP contribution < -0.4 is 10.1 Å². The Hall–Kier alpha value is -3.61. The topological polar surface area (TPSA) is 90.4 Å². The summed E-state index contributed by atoms with van der Waals surface area (Å²) in [6.45, 7) is 3.83. The molecule has 2 heterocycles. The van der Waals surface area contributed by atoms with Crippen molar-refractivity contribution in [2.75, 3.05) is 7.11 Å². The highest BCUT2D eigenvalue weighted by Crippen LogP contribution is 2.31. The molecule has 28 heavy (non-hydrogen) atoms. The zero-order valence-corrected chi connectivity index (χ0v) is 15.7. The van der Waals surface area contributed by atoms with Gasteiger partial charge in [0.1, 0.15) is 23.4 Å². The second-order valence-corrected chi connectivity index (χ2v) is 6.64. The van der Waals surface area contributed by atoms with Gasteiger partial charge in [-0.1, -0.05) is 5.16 Å². The fourth-order valence-corrected chi connectivity index (χ4v) is 2.86. The van der Waals surface area contributed by atoms with Crippen molar-refractivity contribution in [2.45, 2.75) is 19.9 Å². The van der Waals surface area contributed by atoms with Crippen LogP contribution in [0.15, 0.2) is 57.7 Å². The first-order valence-corrected chi connectivity index (χ1v) is 8.86. The van der Waals surface area contributed by atoms with Gasteiger partial charge in [-0.25, -0.2) is 4.98 Å². The Morgan fingerprint density at radius 3 is 2.64 bits per heavy atom. The molecule has 1 N–H and O–H groups in total. The molecule has 0 radical (unpaired) electrons. The van der Waals surface area contributed by atoms with Gasteiger partial charge in [0.15, 0.2) is 5.58 Å². The molecule has 0 aliphatic carbocycles. The van der Waals surface area contributed by atoms with Crippen molar-refractivity contribution in [2.24, 2.45) is 0 Å². The smallest absolute Gasteiger partial charge is 0.251 e. The molecule has 1 amide bonds. The molecule has 0 spiro atoms. The van der Waals surface area contributed by atoms with Crippen LogP contribution in [0.1, 0.15) is 24.2 Å². The Kier molecular flexibility index (Phi) is 4.57. The molecule has 0 saturated heterocycles. The monoisotopic (exact) mass is 377 g/mol. The van der Waals surface area contributed by atoms with Crippen LogP contribution in [0.5, 0.6) is 5.75 Å². The van der Waals surface area contributed by atoms with Gasteiger partial charge in [0.05, 0.1) is 12.5 Å². The van der Waals surface area contributed by atoms with E-state index < -0.39 is 0 Å². The number of aromatic nitrogens is 2. The van der Waals surface area contributed by atoms with Crippen LogP contribution in [0.2, 0.25) is 0 Å². The summed E-state index contributed by atoms with van der Waals surface area (Å²) in [5, 5.41) is 7.69. The zero-order chi connectivity index (χ0) is 19.7. The Balaban J connectivity index is 1.69. The summed E-state index contributed by atoms with van der Waals surface area (Å²) in [6, 6.07) is 12.6. The number of carbonyl (C=O) groups excluding carboxylic acids is 1. The summed E-state index contributed by atoms with van der Waals surface area (Å²) in [5.41, 5.74) is 2.98. The minimum absolute atomic E-state index is 0.0488. The van der Waals surface area contributed by atoms with Crippen molar-refractivity contribution < 1.29 is 18.5 Å². The van der Waals surface area contributed by atoms with E-state index in [1.807, 2.05) is 38.1 Å². The van der Waals surface area contributed by atoms with Gasteiger partial charge >= 0.3 is 0 Å². The SMILES string of the molecule is COc1ccc(-c2nc(-c3noc4ccc(C(=O)NC(C)C)cc34)co2)cc1. The van der Waals surface area contributed by atoms with Gasteiger partial charge in [0, 0.05) is 17.2 Å². The average Bonchev–Trinajstić information content (AvgIpc) is 3.34. The van der Waals surface area contributed by atoms with Crippen molar-refractivity contribution in [3.63, 3.8) is 0 Å². The fourth-order valence-electron chi connectivity index (χ4n) is 2.86. The predicted octanol–water partition coefficient (Wildman–Crippen LogP) is 4.30. The third kappa shape index (κ3) is 3.34. The Labute approximate surface area is 161 Å². The summed E-state index contributed by atoms with van der Waals surface area (Å²) in [4.78, 5) is 16.8. The first kappa shape index (κ1) is 17.8. The van der Waals surface area contributed by atoms with Crippen LogP contribution in [0.4, 0.5) is 0 Å². The van der Waals surface area contributed by atoms with Crippen LogP contribution in [-0.4, -0.2) is 29.2 Å². The highest BCUT2D eigenvalue weighted by atomic mass is 16.5. The molecular weight excluding hydrogens is 358 g/mol. The highest BCUT2D eigenvalue weighted by molar-refractivity contribution is 6.00. The first-order chi connectivity index (χ1) is 13.5. The molecule has 0 fully saturated rings. The second-order valence-electron chi connectivity index (χ2n) is 6.64. The molecule has 2 aromatic heterocycles. The van der Waals surface area contributed by atoms with Crippen molar-refractivity contribution in [3.05, 3.63) is 54.3 Å². The molecule has 142 valence electrons. The summed E-state index contributed by atoms with van der Waals surface area (Å²) < 4.78 is 16.2. The number of carbonyl (C=O) groups is 1. The van der Waals surface area contributed by atoms with Gasteiger partial charge in [-0.05, 0) is 56.3 Å². The summed E-state index contributed by atoms with van der Waals surface area (Å²) in [7, 11) is 1.61. The standard InChI is InChI=1S/C21H19N3O4/c1-12(2)22-20(25)14-6-9-18-16(10-14)19(24-28-18)17-11-27-21(23-17)13-4-7-15(26-3)8-5-13/h4-12H,1-3H3,(H,22,25). The number of oxazole rings is 1. The molecule has 7 nitrogen and oxygen atoms in total. The third-order valence-electron chi connectivity index (χ3n) is 4.24. The molecule has 4 rings (SSSR count). The minimum Gasteiger partial charge on any atom is -0.497 e. The van der Waals surface area contributed by atoms with E-state index in [1.165, 1.54) is 6.26 Å². The van der Waals surface area contributed by atoms with Gasteiger partial charge in [-0.2, -0.15) is 0 Å². The van der Waals surface area contributed by atoms with Crippen LogP contribution in [0.25, 0.3) is 33.8 Å². The number of hydrogen-bond donors (Lipinski definition) is 1. The summed E-state index contributed by atoms with van der Waals surface area (Å²) in [5.74, 6) is 1.07. The lowest BCUT2D eigenvalue weighted by Crippen LogP contribution is -2.29. The van der Waals surface area contributed by atoms with E-state index in [0.717, 1.165) is 11.3 Å². The van der Waals surface area contributed by atoms with E-state index in [-0.39, 0.29) is 11.9 Å². The van der Waals surface area contributed by atoms with Crippen molar-refractivity contribution in [1.82, 2.24) is 15.5 Å². The van der Waals surface area contributed by atoms with Gasteiger partial charge in [-0.3, -0.25) is 4.79 Å². The number of nitrogens with zero attached hydrogens (tertiary/aromatic N) is 2. The number of fused-ring (bicyclic) bond motifs is 1. The van der Waals surface area contributed by atoms with Crippen LogP contribution >= 0.6 is 0 Å². The van der Waals surface area contributed by atoms with E-state index in [4.69, 9.17) is 13.7 Å². The second kappa shape index (κ2) is 7.19. The Morgan fingerprint density at radius 2 is 1.93 bits per heavy atom. The highest BCUT2D eigenvalue weighted by Gasteiger charge is 2.18. The number of ether oxygens (including phenoxy) is 1. The molecule has 0 unspecified atom stereocenters. The Bertz CT molecular complexity index is 1130. The van der Waals surface area contributed by atoms with Crippen molar-refractivity contribution in [3.8, 4) is 28.6 Å². The zero-order valence-electron chi connectivity index (χ0n) is 15.7. The van der Waals surface area contributed by atoms with Gasteiger partial charge in [0.2, 0.25) is 5.89 Å². The van der Waals surface area contributed by atoms with Gasteiger partial charge in [-0.15, -0.1) is 0 Å². The predicted molar refractivity (Wildman–Crippen MR) is 104 cm³/mol. The van der Waals surface area contributed by atoms with Crippen LogP contribution in [0.3, 0.4) is 0 Å². The molecule has 0 saturated carbocycles. The lowest BCUT2D eigenvalue weighted by atomic mass is 10.1.